The van der Waals surface area contributed by atoms with Crippen LogP contribution in [0.1, 0.15) is 19.8 Å². The van der Waals surface area contributed by atoms with Crippen LogP contribution < -0.4 is 5.32 Å². The third kappa shape index (κ3) is 3.61. The maximum Gasteiger partial charge on any atom is 0.139 e. The van der Waals surface area contributed by atoms with Gasteiger partial charge in [0, 0.05) is 12.6 Å². The Bertz CT molecular complexity index is 441. The van der Waals surface area contributed by atoms with Crippen LogP contribution in [0.2, 0.25) is 0 Å². The third-order valence-corrected chi connectivity index (χ3v) is 5.07. The third-order valence-electron chi connectivity index (χ3n) is 3.29. The first-order valence-corrected chi connectivity index (χ1v) is 7.91. The average Bonchev–Trinajstić information content (AvgIpc) is 2.45. The topological polar surface area (TPSA) is 38.3 Å². The van der Waals surface area contributed by atoms with Crippen molar-refractivity contribution in [3.63, 3.8) is 0 Å². The highest BCUT2D eigenvalue weighted by Gasteiger charge is 2.31. The highest BCUT2D eigenvalue weighted by molar-refractivity contribution is 7.85. The van der Waals surface area contributed by atoms with Crippen LogP contribution >= 0.6 is 0 Å². The summed E-state index contributed by atoms with van der Waals surface area (Å²) in [6, 6.07) is 6.41. The lowest BCUT2D eigenvalue weighted by Crippen LogP contribution is -2.48. The van der Waals surface area contributed by atoms with Crippen LogP contribution in [0, 0.1) is 5.82 Å². The summed E-state index contributed by atoms with van der Waals surface area (Å²) in [5.41, 5.74) is 0. The maximum atomic E-state index is 13.7. The van der Waals surface area contributed by atoms with Gasteiger partial charge in [-0.1, -0.05) is 19.1 Å². The number of benzene rings is 1. The van der Waals surface area contributed by atoms with Crippen molar-refractivity contribution in [1.29, 1.82) is 0 Å². The molecule has 0 aliphatic carbocycles. The van der Waals surface area contributed by atoms with E-state index in [4.69, 9.17) is 4.74 Å². The lowest BCUT2D eigenvalue weighted by molar-refractivity contribution is 0.0820. The Balaban J connectivity index is 2.13. The molecule has 1 N–H and O–H groups in total. The first-order chi connectivity index (χ1) is 9.24. The fourth-order valence-corrected chi connectivity index (χ4v) is 3.81. The Labute approximate surface area is 116 Å². The van der Waals surface area contributed by atoms with Crippen molar-refractivity contribution in [2.45, 2.75) is 36.0 Å². The van der Waals surface area contributed by atoms with E-state index in [2.05, 4.69) is 12.2 Å². The fraction of sp³-hybridized carbons (Fsp3) is 0.571. The number of ether oxygens (including phenoxy) is 1. The number of nitrogens with one attached hydrogen (secondary N) is 1. The van der Waals surface area contributed by atoms with E-state index in [1.807, 2.05) is 0 Å². The van der Waals surface area contributed by atoms with Gasteiger partial charge in [0.05, 0.1) is 27.6 Å². The molecule has 0 saturated carbocycles. The number of halogens is 1. The Hall–Kier alpha value is -0.780. The quantitative estimate of drug-likeness (QED) is 0.900. The van der Waals surface area contributed by atoms with Gasteiger partial charge in [0.15, 0.2) is 0 Å². The molecule has 1 aliphatic heterocycles. The second kappa shape index (κ2) is 7.12. The van der Waals surface area contributed by atoms with Crippen molar-refractivity contribution in [2.24, 2.45) is 0 Å². The summed E-state index contributed by atoms with van der Waals surface area (Å²) in [5, 5.41) is 3.21. The molecule has 0 amide bonds. The van der Waals surface area contributed by atoms with Gasteiger partial charge in [-0.05, 0) is 31.5 Å². The Morgan fingerprint density at radius 2 is 2.26 bits per heavy atom. The van der Waals surface area contributed by atoms with E-state index in [1.165, 1.54) is 6.07 Å². The minimum absolute atomic E-state index is 0.133. The molecule has 19 heavy (non-hydrogen) atoms. The molecule has 106 valence electrons. The van der Waals surface area contributed by atoms with Gasteiger partial charge in [0.2, 0.25) is 0 Å². The molecular formula is C14H20FNO2S. The van der Waals surface area contributed by atoms with Gasteiger partial charge in [0.25, 0.3) is 0 Å². The standard InChI is InChI=1S/C14H20FNO2S/c1-2-8-16-12-7-9-18-10-14(12)19(17)13-6-4-3-5-11(13)15/h3-6,12,14,16H,2,7-10H2,1H3. The molecular weight excluding hydrogens is 265 g/mol. The Morgan fingerprint density at radius 3 is 3.00 bits per heavy atom. The molecule has 1 saturated heterocycles. The predicted octanol–water partition coefficient (Wildman–Crippen LogP) is 2.09. The normalized spacial score (nSPS) is 25.2. The fourth-order valence-electron chi connectivity index (χ4n) is 2.26. The van der Waals surface area contributed by atoms with Crippen molar-refractivity contribution in [1.82, 2.24) is 5.32 Å². The van der Waals surface area contributed by atoms with Crippen LogP contribution in [0.25, 0.3) is 0 Å². The van der Waals surface area contributed by atoms with Gasteiger partial charge >= 0.3 is 0 Å². The molecule has 1 fully saturated rings. The van der Waals surface area contributed by atoms with Crippen LogP contribution in [-0.4, -0.2) is 35.3 Å². The van der Waals surface area contributed by atoms with Crippen LogP contribution in [-0.2, 0) is 15.5 Å². The Morgan fingerprint density at radius 1 is 1.47 bits per heavy atom. The largest absolute Gasteiger partial charge is 0.380 e. The predicted molar refractivity (Wildman–Crippen MR) is 74.1 cm³/mol. The zero-order chi connectivity index (χ0) is 13.7. The molecule has 0 spiro atoms. The zero-order valence-corrected chi connectivity index (χ0v) is 11.9. The summed E-state index contributed by atoms with van der Waals surface area (Å²) < 4.78 is 31.7. The van der Waals surface area contributed by atoms with E-state index in [-0.39, 0.29) is 16.2 Å². The lowest BCUT2D eigenvalue weighted by atomic mass is 10.1. The summed E-state index contributed by atoms with van der Waals surface area (Å²) in [7, 11) is -1.38. The van der Waals surface area contributed by atoms with Gasteiger partial charge in [-0.25, -0.2) is 4.39 Å². The highest BCUT2D eigenvalue weighted by Crippen LogP contribution is 2.21. The van der Waals surface area contributed by atoms with Crippen molar-refractivity contribution < 1.29 is 13.3 Å². The molecule has 0 bridgehead atoms. The van der Waals surface area contributed by atoms with Crippen molar-refractivity contribution in [3.05, 3.63) is 30.1 Å². The molecule has 1 aromatic rings. The maximum absolute atomic E-state index is 13.7. The molecule has 1 heterocycles. The molecule has 3 atom stereocenters. The van der Waals surface area contributed by atoms with E-state index in [0.29, 0.717) is 13.2 Å². The molecule has 2 rings (SSSR count). The molecule has 1 aliphatic rings. The highest BCUT2D eigenvalue weighted by atomic mass is 32.2. The molecule has 0 radical (unpaired) electrons. The second-order valence-electron chi connectivity index (χ2n) is 4.69. The van der Waals surface area contributed by atoms with E-state index < -0.39 is 16.6 Å². The van der Waals surface area contributed by atoms with Gasteiger partial charge in [-0.3, -0.25) is 4.21 Å². The van der Waals surface area contributed by atoms with E-state index >= 15 is 0 Å². The number of hydrogen-bond donors (Lipinski definition) is 1. The van der Waals surface area contributed by atoms with Gasteiger partial charge in [0.1, 0.15) is 5.82 Å². The first-order valence-electron chi connectivity index (χ1n) is 6.70. The molecule has 3 unspecified atom stereocenters. The average molecular weight is 285 g/mol. The van der Waals surface area contributed by atoms with Crippen LogP contribution in [0.3, 0.4) is 0 Å². The molecule has 1 aromatic carbocycles. The summed E-state index contributed by atoms with van der Waals surface area (Å²) in [4.78, 5) is 0.279. The zero-order valence-electron chi connectivity index (χ0n) is 11.1. The smallest absolute Gasteiger partial charge is 0.139 e. The number of rotatable bonds is 5. The van der Waals surface area contributed by atoms with Gasteiger partial charge in [-0.2, -0.15) is 0 Å². The summed E-state index contributed by atoms with van der Waals surface area (Å²) >= 11 is 0. The van der Waals surface area contributed by atoms with Crippen LogP contribution in [0.5, 0.6) is 0 Å². The van der Waals surface area contributed by atoms with Crippen LogP contribution in [0.4, 0.5) is 4.39 Å². The molecule has 5 heteroatoms. The van der Waals surface area contributed by atoms with Gasteiger partial charge in [-0.15, -0.1) is 0 Å². The first kappa shape index (κ1) is 14.6. The minimum Gasteiger partial charge on any atom is -0.380 e. The van der Waals surface area contributed by atoms with E-state index in [1.54, 1.807) is 18.2 Å². The molecule has 3 nitrogen and oxygen atoms in total. The minimum atomic E-state index is -1.38. The summed E-state index contributed by atoms with van der Waals surface area (Å²) in [6.07, 6.45) is 1.85. The summed E-state index contributed by atoms with van der Waals surface area (Å²) in [6.45, 7) is 4.07. The van der Waals surface area contributed by atoms with E-state index in [0.717, 1.165) is 19.4 Å². The second-order valence-corrected chi connectivity index (χ2v) is 6.33. The Kier molecular flexibility index (Phi) is 5.48. The van der Waals surface area contributed by atoms with Crippen molar-refractivity contribution in [2.75, 3.05) is 19.8 Å². The number of hydrogen-bond acceptors (Lipinski definition) is 3. The van der Waals surface area contributed by atoms with Crippen LogP contribution in [0.15, 0.2) is 29.2 Å². The van der Waals surface area contributed by atoms with Gasteiger partial charge < -0.3 is 10.1 Å². The molecule has 0 aromatic heterocycles. The monoisotopic (exact) mass is 285 g/mol. The lowest BCUT2D eigenvalue weighted by Gasteiger charge is -2.31. The SMILES string of the molecule is CCCNC1CCOCC1S(=O)c1ccccc1F. The van der Waals surface area contributed by atoms with Crippen molar-refractivity contribution in [3.8, 4) is 0 Å². The van der Waals surface area contributed by atoms with E-state index in [9.17, 15) is 8.60 Å². The summed E-state index contributed by atoms with van der Waals surface area (Å²) in [5.74, 6) is -0.402. The van der Waals surface area contributed by atoms with Crippen molar-refractivity contribution >= 4 is 10.8 Å².